The molecule has 1 heterocycles. The van der Waals surface area contributed by atoms with Crippen LogP contribution in [0.25, 0.3) is 0 Å². The number of rotatable bonds is 6. The van der Waals surface area contributed by atoms with Gasteiger partial charge in [0, 0.05) is 5.56 Å². The quantitative estimate of drug-likeness (QED) is 0.346. The van der Waals surface area contributed by atoms with Crippen molar-refractivity contribution in [2.24, 2.45) is 0 Å². The second-order valence-electron chi connectivity index (χ2n) is 11.1. The molecule has 1 aliphatic carbocycles. The van der Waals surface area contributed by atoms with Gasteiger partial charge in [-0.1, -0.05) is 77.5 Å². The standard InChI is InChI=1S/C30H38O3/c1-7-8-9-10-15-30(20-33-26-18-21(27(31)32-6)11-13-24(26)30)22-12-14-23-25(19-22)29(4,5)17-16-28(23,2)3/h9-14,18-19H,7-8,15-17,20H2,1-6H3/b10-9+. The van der Waals surface area contributed by atoms with Crippen LogP contribution < -0.4 is 4.74 Å². The molecular weight excluding hydrogens is 408 g/mol. The molecule has 0 bridgehead atoms. The molecule has 2 aromatic carbocycles. The van der Waals surface area contributed by atoms with Crippen LogP contribution in [0.4, 0.5) is 0 Å². The molecule has 1 aliphatic heterocycles. The highest BCUT2D eigenvalue weighted by Crippen LogP contribution is 2.51. The van der Waals surface area contributed by atoms with Gasteiger partial charge in [0.15, 0.2) is 0 Å². The van der Waals surface area contributed by atoms with Crippen molar-refractivity contribution in [3.8, 4) is 5.75 Å². The number of benzene rings is 2. The molecule has 0 amide bonds. The summed E-state index contributed by atoms with van der Waals surface area (Å²) in [6.45, 7) is 12.3. The van der Waals surface area contributed by atoms with Crippen molar-refractivity contribution in [3.05, 3.63) is 76.4 Å². The Morgan fingerprint density at radius 1 is 0.970 bits per heavy atom. The number of fused-ring (bicyclic) bond motifs is 2. The maximum Gasteiger partial charge on any atom is 0.337 e. The predicted octanol–water partition coefficient (Wildman–Crippen LogP) is 7.25. The summed E-state index contributed by atoms with van der Waals surface area (Å²) in [7, 11) is 1.41. The number of hydrogen-bond donors (Lipinski definition) is 0. The summed E-state index contributed by atoms with van der Waals surface area (Å²) in [6, 6.07) is 12.9. The first-order chi connectivity index (χ1) is 15.6. The van der Waals surface area contributed by atoms with Gasteiger partial charge >= 0.3 is 5.97 Å². The van der Waals surface area contributed by atoms with Crippen molar-refractivity contribution in [1.29, 1.82) is 0 Å². The van der Waals surface area contributed by atoms with E-state index in [1.807, 2.05) is 12.1 Å². The maximum absolute atomic E-state index is 12.1. The van der Waals surface area contributed by atoms with E-state index in [0.29, 0.717) is 12.2 Å². The van der Waals surface area contributed by atoms with Crippen LogP contribution in [-0.4, -0.2) is 19.7 Å². The number of carbonyl (C=O) groups excluding carboxylic acids is 1. The minimum Gasteiger partial charge on any atom is -0.492 e. The molecule has 4 rings (SSSR count). The van der Waals surface area contributed by atoms with E-state index in [-0.39, 0.29) is 22.2 Å². The second-order valence-corrected chi connectivity index (χ2v) is 11.1. The molecule has 1 unspecified atom stereocenters. The highest BCUT2D eigenvalue weighted by Gasteiger charge is 2.44. The zero-order valence-corrected chi connectivity index (χ0v) is 21.1. The Morgan fingerprint density at radius 3 is 2.36 bits per heavy atom. The molecular formula is C30H38O3. The lowest BCUT2D eigenvalue weighted by Crippen LogP contribution is -2.35. The molecule has 0 saturated carbocycles. The predicted molar refractivity (Wildman–Crippen MR) is 134 cm³/mol. The van der Waals surface area contributed by atoms with Crippen molar-refractivity contribution in [1.82, 2.24) is 0 Å². The average molecular weight is 447 g/mol. The average Bonchev–Trinajstić information content (AvgIpc) is 3.18. The Bertz CT molecular complexity index is 1080. The van der Waals surface area contributed by atoms with Gasteiger partial charge in [-0.15, -0.1) is 0 Å². The molecule has 0 radical (unpaired) electrons. The van der Waals surface area contributed by atoms with E-state index < -0.39 is 0 Å². The SMILES string of the molecule is CCC/C=C/CC1(c2ccc3c(c2)C(C)(C)CCC3(C)C)COc2cc(C(=O)OC)ccc21. The lowest BCUT2D eigenvalue weighted by Gasteiger charge is -2.43. The normalized spacial score (nSPS) is 22.5. The number of ether oxygens (including phenoxy) is 2. The minimum atomic E-state index is -0.334. The Kier molecular flexibility index (Phi) is 6.20. The van der Waals surface area contributed by atoms with E-state index in [1.165, 1.54) is 36.6 Å². The summed E-state index contributed by atoms with van der Waals surface area (Å²) in [4.78, 5) is 12.1. The summed E-state index contributed by atoms with van der Waals surface area (Å²) in [6.07, 6.45) is 10.1. The smallest absolute Gasteiger partial charge is 0.337 e. The molecule has 0 saturated heterocycles. The molecule has 2 aromatic rings. The number of hydrogen-bond acceptors (Lipinski definition) is 3. The molecule has 1 atom stereocenters. The third-order valence-corrected chi connectivity index (χ3v) is 7.89. The van der Waals surface area contributed by atoms with E-state index in [0.717, 1.165) is 30.6 Å². The summed E-state index contributed by atoms with van der Waals surface area (Å²) in [5.41, 5.74) is 6.01. The van der Waals surface area contributed by atoms with Gasteiger partial charge in [0.05, 0.1) is 18.1 Å². The van der Waals surface area contributed by atoms with Crippen molar-refractivity contribution in [3.63, 3.8) is 0 Å². The van der Waals surface area contributed by atoms with Gasteiger partial charge in [-0.25, -0.2) is 4.79 Å². The fraction of sp³-hybridized carbons (Fsp3) is 0.500. The number of carbonyl (C=O) groups is 1. The molecule has 33 heavy (non-hydrogen) atoms. The van der Waals surface area contributed by atoms with Gasteiger partial charge in [-0.2, -0.15) is 0 Å². The molecule has 0 N–H and O–H groups in total. The molecule has 3 heteroatoms. The van der Waals surface area contributed by atoms with Crippen LogP contribution in [0.5, 0.6) is 5.75 Å². The van der Waals surface area contributed by atoms with Crippen LogP contribution in [0.15, 0.2) is 48.6 Å². The number of esters is 1. The first-order valence-electron chi connectivity index (χ1n) is 12.3. The Hall–Kier alpha value is -2.55. The fourth-order valence-electron chi connectivity index (χ4n) is 5.54. The molecule has 0 aromatic heterocycles. The first-order valence-corrected chi connectivity index (χ1v) is 12.3. The third kappa shape index (κ3) is 4.11. The highest BCUT2D eigenvalue weighted by atomic mass is 16.5. The summed E-state index contributed by atoms with van der Waals surface area (Å²) in [5.74, 6) is 0.457. The monoisotopic (exact) mass is 446 g/mol. The van der Waals surface area contributed by atoms with E-state index in [4.69, 9.17) is 9.47 Å². The van der Waals surface area contributed by atoms with Crippen LogP contribution in [0.3, 0.4) is 0 Å². The zero-order valence-electron chi connectivity index (χ0n) is 21.1. The fourth-order valence-corrected chi connectivity index (χ4v) is 5.54. The van der Waals surface area contributed by atoms with E-state index >= 15 is 0 Å². The van der Waals surface area contributed by atoms with Gasteiger partial charge in [0.25, 0.3) is 0 Å². The van der Waals surface area contributed by atoms with Crippen molar-refractivity contribution >= 4 is 5.97 Å². The van der Waals surface area contributed by atoms with Crippen LogP contribution in [-0.2, 0) is 21.0 Å². The van der Waals surface area contributed by atoms with Gasteiger partial charge in [0.1, 0.15) is 12.4 Å². The van der Waals surface area contributed by atoms with Crippen LogP contribution >= 0.6 is 0 Å². The topological polar surface area (TPSA) is 35.5 Å². The molecule has 3 nitrogen and oxygen atoms in total. The minimum absolute atomic E-state index is 0.150. The Morgan fingerprint density at radius 2 is 1.67 bits per heavy atom. The number of methoxy groups -OCH3 is 1. The Labute approximate surface area is 199 Å². The summed E-state index contributed by atoms with van der Waals surface area (Å²) >= 11 is 0. The van der Waals surface area contributed by atoms with Crippen LogP contribution in [0, 0.1) is 0 Å². The summed E-state index contributed by atoms with van der Waals surface area (Å²) < 4.78 is 11.2. The van der Waals surface area contributed by atoms with E-state index in [9.17, 15) is 4.79 Å². The molecule has 176 valence electrons. The number of allylic oxidation sites excluding steroid dienone is 2. The molecule has 0 spiro atoms. The Balaban J connectivity index is 1.85. The number of unbranched alkanes of at least 4 members (excludes halogenated alkanes) is 1. The van der Waals surface area contributed by atoms with Gasteiger partial charge < -0.3 is 9.47 Å². The third-order valence-electron chi connectivity index (χ3n) is 7.89. The summed E-state index contributed by atoms with van der Waals surface area (Å²) in [5, 5.41) is 0. The van der Waals surface area contributed by atoms with E-state index in [1.54, 1.807) is 0 Å². The lowest BCUT2D eigenvalue weighted by molar-refractivity contribution is 0.0600. The van der Waals surface area contributed by atoms with E-state index in [2.05, 4.69) is 71.0 Å². The first kappa shape index (κ1) is 23.6. The van der Waals surface area contributed by atoms with Gasteiger partial charge in [-0.3, -0.25) is 0 Å². The molecule has 0 fully saturated rings. The zero-order chi connectivity index (χ0) is 23.9. The van der Waals surface area contributed by atoms with Crippen LogP contribution in [0.1, 0.15) is 99.3 Å². The largest absolute Gasteiger partial charge is 0.492 e. The lowest BCUT2D eigenvalue weighted by atomic mass is 9.61. The van der Waals surface area contributed by atoms with Crippen LogP contribution in [0.2, 0.25) is 0 Å². The molecule has 2 aliphatic rings. The van der Waals surface area contributed by atoms with Gasteiger partial charge in [-0.05, 0) is 65.3 Å². The second kappa shape index (κ2) is 8.66. The van der Waals surface area contributed by atoms with Crippen molar-refractivity contribution in [2.45, 2.75) is 83.0 Å². The highest BCUT2D eigenvalue weighted by molar-refractivity contribution is 5.90. The van der Waals surface area contributed by atoms with Crippen molar-refractivity contribution in [2.75, 3.05) is 13.7 Å². The van der Waals surface area contributed by atoms with Crippen molar-refractivity contribution < 1.29 is 14.3 Å². The maximum atomic E-state index is 12.1. The van der Waals surface area contributed by atoms with Gasteiger partial charge in [0.2, 0.25) is 0 Å².